The van der Waals surface area contributed by atoms with Crippen molar-refractivity contribution < 1.29 is 9.47 Å². The van der Waals surface area contributed by atoms with E-state index in [1.54, 1.807) is 6.08 Å². The van der Waals surface area contributed by atoms with Gasteiger partial charge in [-0.15, -0.1) is 0 Å². The van der Waals surface area contributed by atoms with Crippen LogP contribution in [0.25, 0.3) is 0 Å². The van der Waals surface area contributed by atoms with E-state index in [2.05, 4.69) is 24.9 Å². The zero-order chi connectivity index (χ0) is 13.6. The minimum Gasteiger partial charge on any atom is -0.489 e. The smallest absolute Gasteiger partial charge is 0.124 e. The third kappa shape index (κ3) is 4.08. The third-order valence-electron chi connectivity index (χ3n) is 3.47. The van der Waals surface area contributed by atoms with Crippen LogP contribution in [0.4, 0.5) is 0 Å². The zero-order valence-corrected chi connectivity index (χ0v) is 11.7. The SMILES string of the molecule is C=CCOc1ccccc1CNC1(C)CCCOC1. The summed E-state index contributed by atoms with van der Waals surface area (Å²) < 4.78 is 11.2. The second-order valence-corrected chi connectivity index (χ2v) is 5.28. The first-order valence-corrected chi connectivity index (χ1v) is 6.88. The molecule has 1 N–H and O–H groups in total. The summed E-state index contributed by atoms with van der Waals surface area (Å²) in [4.78, 5) is 0. The van der Waals surface area contributed by atoms with Gasteiger partial charge in [0.1, 0.15) is 12.4 Å². The van der Waals surface area contributed by atoms with Crippen molar-refractivity contribution in [3.63, 3.8) is 0 Å². The van der Waals surface area contributed by atoms with Gasteiger partial charge in [0.15, 0.2) is 0 Å². The minimum absolute atomic E-state index is 0.0732. The molecule has 0 radical (unpaired) electrons. The Bertz CT molecular complexity index is 411. The lowest BCUT2D eigenvalue weighted by molar-refractivity contribution is 0.0277. The van der Waals surface area contributed by atoms with E-state index in [-0.39, 0.29) is 5.54 Å². The van der Waals surface area contributed by atoms with Gasteiger partial charge in [0.25, 0.3) is 0 Å². The first-order chi connectivity index (χ1) is 9.23. The normalized spacial score (nSPS) is 23.0. The van der Waals surface area contributed by atoms with Crippen molar-refractivity contribution in [2.75, 3.05) is 19.8 Å². The van der Waals surface area contributed by atoms with Gasteiger partial charge in [-0.1, -0.05) is 30.9 Å². The van der Waals surface area contributed by atoms with E-state index in [9.17, 15) is 0 Å². The number of para-hydroxylation sites is 1. The minimum atomic E-state index is 0.0732. The highest BCUT2D eigenvalue weighted by atomic mass is 16.5. The van der Waals surface area contributed by atoms with Crippen molar-refractivity contribution in [1.29, 1.82) is 0 Å². The van der Waals surface area contributed by atoms with Crippen LogP contribution < -0.4 is 10.1 Å². The number of ether oxygens (including phenoxy) is 2. The van der Waals surface area contributed by atoms with Crippen LogP contribution in [0.1, 0.15) is 25.3 Å². The average molecular weight is 261 g/mol. The van der Waals surface area contributed by atoms with Crippen LogP contribution in [0, 0.1) is 0 Å². The van der Waals surface area contributed by atoms with Gasteiger partial charge in [-0.2, -0.15) is 0 Å². The molecule has 0 bridgehead atoms. The monoisotopic (exact) mass is 261 g/mol. The number of nitrogens with one attached hydrogen (secondary N) is 1. The molecule has 19 heavy (non-hydrogen) atoms. The Balaban J connectivity index is 1.96. The van der Waals surface area contributed by atoms with E-state index in [4.69, 9.17) is 9.47 Å². The molecule has 1 aromatic rings. The van der Waals surface area contributed by atoms with Gasteiger partial charge in [-0.25, -0.2) is 0 Å². The lowest BCUT2D eigenvalue weighted by Crippen LogP contribution is -2.48. The number of benzene rings is 1. The predicted octanol–water partition coefficient (Wildman–Crippen LogP) is 2.91. The molecule has 1 heterocycles. The molecule has 1 atom stereocenters. The first-order valence-electron chi connectivity index (χ1n) is 6.88. The van der Waals surface area contributed by atoms with Crippen LogP contribution in [0.3, 0.4) is 0 Å². The first kappa shape index (κ1) is 14.1. The maximum atomic E-state index is 5.67. The molecule has 1 fully saturated rings. The molecule has 1 aliphatic rings. The molecule has 1 saturated heterocycles. The van der Waals surface area contributed by atoms with Crippen LogP contribution >= 0.6 is 0 Å². The Morgan fingerprint density at radius 1 is 1.47 bits per heavy atom. The topological polar surface area (TPSA) is 30.5 Å². The summed E-state index contributed by atoms with van der Waals surface area (Å²) in [6.45, 7) is 8.90. The van der Waals surface area contributed by atoms with E-state index < -0.39 is 0 Å². The fraction of sp³-hybridized carbons (Fsp3) is 0.500. The van der Waals surface area contributed by atoms with Gasteiger partial charge in [-0.05, 0) is 25.8 Å². The van der Waals surface area contributed by atoms with E-state index in [1.807, 2.05) is 18.2 Å². The van der Waals surface area contributed by atoms with Gasteiger partial charge in [0, 0.05) is 24.3 Å². The molecular weight excluding hydrogens is 238 g/mol. The van der Waals surface area contributed by atoms with Crippen LogP contribution in [0.2, 0.25) is 0 Å². The summed E-state index contributed by atoms with van der Waals surface area (Å²) in [5.74, 6) is 0.926. The summed E-state index contributed by atoms with van der Waals surface area (Å²) in [6, 6.07) is 8.13. The van der Waals surface area contributed by atoms with E-state index >= 15 is 0 Å². The molecule has 3 nitrogen and oxygen atoms in total. The van der Waals surface area contributed by atoms with Crippen molar-refractivity contribution in [1.82, 2.24) is 5.32 Å². The average Bonchev–Trinajstić information content (AvgIpc) is 2.45. The summed E-state index contributed by atoms with van der Waals surface area (Å²) >= 11 is 0. The maximum Gasteiger partial charge on any atom is 0.124 e. The van der Waals surface area contributed by atoms with Crippen LogP contribution in [-0.2, 0) is 11.3 Å². The summed E-state index contributed by atoms with van der Waals surface area (Å²) in [5, 5.41) is 3.60. The molecular formula is C16H23NO2. The van der Waals surface area contributed by atoms with Crippen LogP contribution in [0.5, 0.6) is 5.75 Å². The molecule has 1 aliphatic heterocycles. The molecule has 0 aromatic heterocycles. The summed E-state index contributed by atoms with van der Waals surface area (Å²) in [5.41, 5.74) is 1.25. The molecule has 0 amide bonds. The highest BCUT2D eigenvalue weighted by Crippen LogP contribution is 2.22. The maximum absolute atomic E-state index is 5.67. The molecule has 1 unspecified atom stereocenters. The predicted molar refractivity (Wildman–Crippen MR) is 77.4 cm³/mol. The summed E-state index contributed by atoms with van der Waals surface area (Å²) in [6.07, 6.45) is 4.04. The van der Waals surface area contributed by atoms with Crippen molar-refractivity contribution >= 4 is 0 Å². The highest BCUT2D eigenvalue weighted by molar-refractivity contribution is 5.33. The number of hydrogen-bond acceptors (Lipinski definition) is 3. The molecule has 2 rings (SSSR count). The molecule has 3 heteroatoms. The second-order valence-electron chi connectivity index (χ2n) is 5.28. The molecule has 104 valence electrons. The number of hydrogen-bond donors (Lipinski definition) is 1. The largest absolute Gasteiger partial charge is 0.489 e. The van der Waals surface area contributed by atoms with Gasteiger partial charge >= 0.3 is 0 Å². The van der Waals surface area contributed by atoms with Crippen molar-refractivity contribution in [3.8, 4) is 5.75 Å². The van der Waals surface area contributed by atoms with Gasteiger partial charge in [0.2, 0.25) is 0 Å². The van der Waals surface area contributed by atoms with Crippen molar-refractivity contribution in [2.24, 2.45) is 0 Å². The molecule has 0 saturated carbocycles. The fourth-order valence-electron chi connectivity index (χ4n) is 2.32. The van der Waals surface area contributed by atoms with Gasteiger partial charge < -0.3 is 14.8 Å². The van der Waals surface area contributed by atoms with Crippen molar-refractivity contribution in [2.45, 2.75) is 31.8 Å². The van der Waals surface area contributed by atoms with E-state index in [1.165, 1.54) is 5.56 Å². The van der Waals surface area contributed by atoms with E-state index in [0.29, 0.717) is 6.61 Å². The van der Waals surface area contributed by atoms with Crippen LogP contribution in [0.15, 0.2) is 36.9 Å². The Morgan fingerprint density at radius 3 is 3.05 bits per heavy atom. The van der Waals surface area contributed by atoms with Gasteiger partial charge in [0.05, 0.1) is 6.61 Å². The molecule has 1 aromatic carbocycles. The Hall–Kier alpha value is -1.32. The lowest BCUT2D eigenvalue weighted by atomic mass is 9.94. The molecule has 0 aliphatic carbocycles. The summed E-state index contributed by atoms with van der Waals surface area (Å²) in [7, 11) is 0. The van der Waals surface area contributed by atoms with E-state index in [0.717, 1.165) is 38.3 Å². The highest BCUT2D eigenvalue weighted by Gasteiger charge is 2.26. The Morgan fingerprint density at radius 2 is 2.32 bits per heavy atom. The fourth-order valence-corrected chi connectivity index (χ4v) is 2.32. The van der Waals surface area contributed by atoms with Gasteiger partial charge in [-0.3, -0.25) is 0 Å². The second kappa shape index (κ2) is 6.73. The Labute approximate surface area is 115 Å². The Kier molecular flexibility index (Phi) is 5.00. The lowest BCUT2D eigenvalue weighted by Gasteiger charge is -2.34. The molecule has 0 spiro atoms. The quantitative estimate of drug-likeness (QED) is 0.799. The third-order valence-corrected chi connectivity index (χ3v) is 3.47. The zero-order valence-electron chi connectivity index (χ0n) is 11.7. The van der Waals surface area contributed by atoms with Crippen molar-refractivity contribution in [3.05, 3.63) is 42.5 Å². The van der Waals surface area contributed by atoms with Crippen LogP contribution in [-0.4, -0.2) is 25.4 Å². The standard InChI is InChI=1S/C16H23NO2/c1-3-10-19-15-8-5-4-7-14(15)12-17-16(2)9-6-11-18-13-16/h3-5,7-8,17H,1,6,9-13H2,2H3. The number of rotatable bonds is 6.